The molecule has 0 spiro atoms. The van der Waals surface area contributed by atoms with E-state index in [-0.39, 0.29) is 30.5 Å². The van der Waals surface area contributed by atoms with Crippen LogP contribution >= 0.6 is 0 Å². The highest BCUT2D eigenvalue weighted by atomic mass is 16.5. The summed E-state index contributed by atoms with van der Waals surface area (Å²) in [4.78, 5) is 23.5. The van der Waals surface area contributed by atoms with Crippen molar-refractivity contribution in [1.82, 2.24) is 5.32 Å². The van der Waals surface area contributed by atoms with Crippen molar-refractivity contribution in [3.05, 3.63) is 23.8 Å². The van der Waals surface area contributed by atoms with Crippen LogP contribution in [-0.2, 0) is 4.79 Å². The molecule has 4 N–H and O–H groups in total. The number of carbonyl (C=O) groups is 2. The Bertz CT molecular complexity index is 565. The second kappa shape index (κ2) is 5.73. The lowest BCUT2D eigenvalue weighted by atomic mass is 9.91. The monoisotopic (exact) mass is 289 g/mol. The molecule has 1 fully saturated rings. The number of benzene rings is 1. The molecule has 1 saturated carbocycles. The summed E-state index contributed by atoms with van der Waals surface area (Å²) in [6, 6.07) is 5.50. The molecule has 0 bridgehead atoms. The van der Waals surface area contributed by atoms with Gasteiger partial charge in [0, 0.05) is 17.6 Å². The topological polar surface area (TPSA) is 93.4 Å². The summed E-state index contributed by atoms with van der Waals surface area (Å²) in [5.74, 6) is 0.241. The van der Waals surface area contributed by atoms with E-state index in [9.17, 15) is 9.59 Å². The molecule has 0 atom stereocenters. The molecule has 6 nitrogen and oxygen atoms in total. The Morgan fingerprint density at radius 3 is 2.81 bits per heavy atom. The summed E-state index contributed by atoms with van der Waals surface area (Å²) >= 11 is 0. The van der Waals surface area contributed by atoms with E-state index in [4.69, 9.17) is 10.5 Å². The molecule has 1 aromatic carbocycles. The first-order valence-electron chi connectivity index (χ1n) is 7.25. The van der Waals surface area contributed by atoms with E-state index in [0.29, 0.717) is 17.0 Å². The van der Waals surface area contributed by atoms with E-state index in [0.717, 1.165) is 25.7 Å². The third-order valence-corrected chi connectivity index (χ3v) is 3.98. The third kappa shape index (κ3) is 3.16. The predicted molar refractivity (Wildman–Crippen MR) is 78.3 cm³/mol. The zero-order valence-corrected chi connectivity index (χ0v) is 11.7. The lowest BCUT2D eigenvalue weighted by Gasteiger charge is -2.27. The van der Waals surface area contributed by atoms with Crippen LogP contribution in [0.5, 0.6) is 5.75 Å². The Balaban J connectivity index is 1.66. The van der Waals surface area contributed by atoms with Crippen molar-refractivity contribution >= 4 is 17.5 Å². The number of hydrogen-bond acceptors (Lipinski definition) is 4. The predicted octanol–water partition coefficient (Wildman–Crippen LogP) is 1.02. The van der Waals surface area contributed by atoms with Crippen LogP contribution < -0.4 is 21.1 Å². The van der Waals surface area contributed by atoms with Gasteiger partial charge >= 0.3 is 0 Å². The Morgan fingerprint density at radius 1 is 1.29 bits per heavy atom. The molecule has 0 saturated heterocycles. The zero-order chi connectivity index (χ0) is 14.8. The number of amides is 2. The molecule has 3 rings (SSSR count). The highest BCUT2D eigenvalue weighted by Gasteiger charge is 2.22. The molecule has 2 amide bonds. The lowest BCUT2D eigenvalue weighted by molar-refractivity contribution is -0.118. The summed E-state index contributed by atoms with van der Waals surface area (Å²) in [7, 11) is 0. The molecule has 1 aromatic rings. The minimum Gasteiger partial charge on any atom is -0.482 e. The molecule has 0 radical (unpaired) electrons. The maximum absolute atomic E-state index is 12.3. The van der Waals surface area contributed by atoms with Gasteiger partial charge in [0.05, 0.1) is 5.69 Å². The van der Waals surface area contributed by atoms with Gasteiger partial charge in [0.25, 0.3) is 11.8 Å². The molecule has 21 heavy (non-hydrogen) atoms. The van der Waals surface area contributed by atoms with E-state index in [1.807, 2.05) is 0 Å². The molecule has 0 unspecified atom stereocenters. The lowest BCUT2D eigenvalue weighted by Crippen LogP contribution is -2.40. The summed E-state index contributed by atoms with van der Waals surface area (Å²) < 4.78 is 5.32. The van der Waals surface area contributed by atoms with Gasteiger partial charge in [0.15, 0.2) is 6.61 Å². The average molecular weight is 289 g/mol. The maximum atomic E-state index is 12.3. The van der Waals surface area contributed by atoms with E-state index in [2.05, 4.69) is 10.6 Å². The van der Waals surface area contributed by atoms with E-state index < -0.39 is 0 Å². The molecule has 1 aliphatic carbocycles. The maximum Gasteiger partial charge on any atom is 0.262 e. The van der Waals surface area contributed by atoms with Crippen LogP contribution in [0.4, 0.5) is 5.69 Å². The first kappa shape index (κ1) is 13.9. The number of nitrogens with two attached hydrogens (primary N) is 1. The van der Waals surface area contributed by atoms with E-state index in [1.54, 1.807) is 18.2 Å². The summed E-state index contributed by atoms with van der Waals surface area (Å²) in [6.07, 6.45) is 3.74. The fourth-order valence-electron chi connectivity index (χ4n) is 2.75. The molecular weight excluding hydrogens is 270 g/mol. The molecule has 1 aliphatic heterocycles. The number of ether oxygens (including phenoxy) is 1. The van der Waals surface area contributed by atoms with Crippen LogP contribution in [0.2, 0.25) is 0 Å². The van der Waals surface area contributed by atoms with Gasteiger partial charge in [-0.3, -0.25) is 9.59 Å². The van der Waals surface area contributed by atoms with Crippen LogP contribution in [0.25, 0.3) is 0 Å². The fraction of sp³-hybridized carbons (Fsp3) is 0.467. The van der Waals surface area contributed by atoms with Crippen molar-refractivity contribution in [2.24, 2.45) is 5.73 Å². The summed E-state index contributed by atoms with van der Waals surface area (Å²) in [5.41, 5.74) is 7.01. The van der Waals surface area contributed by atoms with Crippen molar-refractivity contribution < 1.29 is 14.3 Å². The first-order chi connectivity index (χ1) is 10.1. The minimum absolute atomic E-state index is 0.0153. The minimum atomic E-state index is -0.182. The van der Waals surface area contributed by atoms with Gasteiger partial charge in [-0.2, -0.15) is 0 Å². The number of hydrogen-bond donors (Lipinski definition) is 3. The normalized spacial score (nSPS) is 24.5. The summed E-state index contributed by atoms with van der Waals surface area (Å²) in [5, 5.41) is 5.74. The highest BCUT2D eigenvalue weighted by molar-refractivity contribution is 5.99. The number of nitrogens with one attached hydrogen (secondary N) is 2. The van der Waals surface area contributed by atoms with Crippen LogP contribution in [0.3, 0.4) is 0 Å². The number of fused-ring (bicyclic) bond motifs is 1. The van der Waals surface area contributed by atoms with Gasteiger partial charge in [-0.05, 0) is 43.9 Å². The standard InChI is InChI=1S/C15H19N3O3/c16-10-2-4-11(5-3-10)17-15(20)9-1-6-12-13(7-9)21-8-14(19)18-12/h1,6-7,10-11H,2-5,8,16H2,(H,17,20)(H,18,19). The Labute approximate surface area is 123 Å². The molecule has 112 valence electrons. The molecule has 1 heterocycles. The van der Waals surface area contributed by atoms with Crippen molar-refractivity contribution in [2.45, 2.75) is 37.8 Å². The van der Waals surface area contributed by atoms with Crippen LogP contribution in [-0.4, -0.2) is 30.5 Å². The van der Waals surface area contributed by atoms with Crippen molar-refractivity contribution in [1.29, 1.82) is 0 Å². The van der Waals surface area contributed by atoms with Crippen LogP contribution in [0.1, 0.15) is 36.0 Å². The van der Waals surface area contributed by atoms with Gasteiger partial charge in [-0.15, -0.1) is 0 Å². The first-order valence-corrected chi connectivity index (χ1v) is 7.25. The zero-order valence-electron chi connectivity index (χ0n) is 11.7. The number of anilines is 1. The Kier molecular flexibility index (Phi) is 3.79. The Morgan fingerprint density at radius 2 is 2.05 bits per heavy atom. The van der Waals surface area contributed by atoms with Gasteiger partial charge < -0.3 is 21.1 Å². The van der Waals surface area contributed by atoms with Crippen LogP contribution in [0.15, 0.2) is 18.2 Å². The number of carbonyl (C=O) groups excluding carboxylic acids is 2. The second-order valence-corrected chi connectivity index (χ2v) is 5.63. The molecule has 2 aliphatic rings. The van der Waals surface area contributed by atoms with Gasteiger partial charge in [0.1, 0.15) is 5.75 Å². The van der Waals surface area contributed by atoms with Crippen LogP contribution in [0, 0.1) is 0 Å². The van der Waals surface area contributed by atoms with Crippen molar-refractivity contribution in [2.75, 3.05) is 11.9 Å². The van der Waals surface area contributed by atoms with E-state index >= 15 is 0 Å². The number of rotatable bonds is 2. The largest absolute Gasteiger partial charge is 0.482 e. The quantitative estimate of drug-likeness (QED) is 0.757. The summed E-state index contributed by atoms with van der Waals surface area (Å²) in [6.45, 7) is -0.0153. The van der Waals surface area contributed by atoms with Crippen molar-refractivity contribution in [3.63, 3.8) is 0 Å². The highest BCUT2D eigenvalue weighted by Crippen LogP contribution is 2.28. The SMILES string of the molecule is NC1CCC(NC(=O)c2ccc3c(c2)OCC(=O)N3)CC1. The molecule has 6 heteroatoms. The van der Waals surface area contributed by atoms with Gasteiger partial charge in [-0.25, -0.2) is 0 Å². The molecular formula is C15H19N3O3. The van der Waals surface area contributed by atoms with Gasteiger partial charge in [-0.1, -0.05) is 0 Å². The average Bonchev–Trinajstić information content (AvgIpc) is 2.49. The smallest absolute Gasteiger partial charge is 0.262 e. The molecule has 0 aromatic heterocycles. The third-order valence-electron chi connectivity index (χ3n) is 3.98. The van der Waals surface area contributed by atoms with E-state index in [1.165, 1.54) is 0 Å². The second-order valence-electron chi connectivity index (χ2n) is 5.63. The Hall–Kier alpha value is -2.08. The van der Waals surface area contributed by atoms with Gasteiger partial charge in [0.2, 0.25) is 0 Å². The van der Waals surface area contributed by atoms with Crippen molar-refractivity contribution in [3.8, 4) is 5.75 Å². The fourth-order valence-corrected chi connectivity index (χ4v) is 2.75.